The first-order chi connectivity index (χ1) is 21.8. The van der Waals surface area contributed by atoms with Crippen molar-refractivity contribution in [2.24, 2.45) is 11.8 Å². The van der Waals surface area contributed by atoms with Crippen LogP contribution in [0.1, 0.15) is 58.6 Å². The molecule has 256 valence electrons. The van der Waals surface area contributed by atoms with Gasteiger partial charge in [0.05, 0.1) is 37.9 Å². The van der Waals surface area contributed by atoms with Crippen LogP contribution in [0.4, 0.5) is 4.79 Å². The highest BCUT2D eigenvalue weighted by Crippen LogP contribution is 2.40. The van der Waals surface area contributed by atoms with Crippen LogP contribution in [-0.2, 0) is 41.2 Å². The van der Waals surface area contributed by atoms with Crippen LogP contribution in [0.2, 0.25) is 18.1 Å². The lowest BCUT2D eigenvalue weighted by molar-refractivity contribution is -0.153. The molecule has 46 heavy (non-hydrogen) atoms. The molecule has 0 saturated carbocycles. The first-order valence-corrected chi connectivity index (χ1v) is 19.2. The third-order valence-corrected chi connectivity index (χ3v) is 13.8. The quantitative estimate of drug-likeness (QED) is 0.0942. The Hall–Kier alpha value is -2.76. The number of cyclic esters (lactones) is 1. The summed E-state index contributed by atoms with van der Waals surface area (Å²) in [6.07, 6.45) is 0.654. The molecule has 9 nitrogen and oxygen atoms in total. The van der Waals surface area contributed by atoms with Crippen LogP contribution in [-0.4, -0.2) is 77.7 Å². The lowest BCUT2D eigenvalue weighted by atomic mass is 9.86. The summed E-state index contributed by atoms with van der Waals surface area (Å²) in [5.41, 5.74) is 2.11. The van der Waals surface area contributed by atoms with Crippen molar-refractivity contribution < 1.29 is 37.7 Å². The molecule has 0 aliphatic carbocycles. The van der Waals surface area contributed by atoms with Crippen LogP contribution in [0.5, 0.6) is 5.75 Å². The number of carbonyl (C=O) groups is 2. The Balaban J connectivity index is 1.76. The third kappa shape index (κ3) is 10.4. The van der Waals surface area contributed by atoms with E-state index in [2.05, 4.69) is 40.8 Å². The Kier molecular flexibility index (Phi) is 14.3. The third-order valence-electron chi connectivity index (χ3n) is 9.34. The lowest BCUT2D eigenvalue weighted by Gasteiger charge is -2.43. The summed E-state index contributed by atoms with van der Waals surface area (Å²) in [4.78, 5) is 28.2. The van der Waals surface area contributed by atoms with Crippen molar-refractivity contribution in [3.8, 4) is 5.75 Å². The molecule has 0 N–H and O–H groups in total. The number of benzene rings is 2. The second kappa shape index (κ2) is 17.4. The molecule has 2 amide bonds. The van der Waals surface area contributed by atoms with Gasteiger partial charge in [0.1, 0.15) is 19.1 Å². The van der Waals surface area contributed by atoms with Crippen LogP contribution >= 0.6 is 0 Å². The van der Waals surface area contributed by atoms with E-state index in [1.807, 2.05) is 61.5 Å². The van der Waals surface area contributed by atoms with Crippen molar-refractivity contribution in [2.75, 3.05) is 34.2 Å². The number of nitrogens with zero attached hydrogens (tertiary/aromatic N) is 1. The fourth-order valence-corrected chi connectivity index (χ4v) is 6.96. The summed E-state index contributed by atoms with van der Waals surface area (Å²) in [6, 6.07) is 17.3. The van der Waals surface area contributed by atoms with E-state index in [1.165, 1.54) is 4.90 Å². The Morgan fingerprint density at radius 2 is 1.70 bits per heavy atom. The molecule has 0 unspecified atom stereocenters. The maximum atomic E-state index is 14.1. The standard InChI is InChI=1S/C36H55NO8Si/c1-26(32(45-46(8,9)36(3,4)5)16-13-21-42-23-29-17-19-31(41-7)20-18-29)33(44-25-40-6)27(2)34(38)37-30(24-43-35(37)39)22-28-14-11-10-12-15-28/h10-12,14-15,17-20,26-27,30,32-33H,13,16,21-25H2,1-9H3/t26-,27-,30-,32+,33+/m1/s1. The molecule has 5 atom stereocenters. The van der Waals surface area contributed by atoms with Gasteiger partial charge in [-0.25, -0.2) is 9.69 Å². The monoisotopic (exact) mass is 657 g/mol. The van der Waals surface area contributed by atoms with Crippen molar-refractivity contribution in [1.29, 1.82) is 0 Å². The zero-order chi connectivity index (χ0) is 33.9. The second-order valence-electron chi connectivity index (χ2n) is 13.8. The summed E-state index contributed by atoms with van der Waals surface area (Å²) in [6.45, 7) is 16.3. The highest BCUT2D eigenvalue weighted by Gasteiger charge is 2.46. The molecule has 3 rings (SSSR count). The van der Waals surface area contributed by atoms with Crippen LogP contribution in [0, 0.1) is 11.8 Å². The van der Waals surface area contributed by atoms with E-state index in [0.717, 1.165) is 29.7 Å². The molecule has 0 bridgehead atoms. The molecule has 2 aromatic carbocycles. The normalized spacial score (nSPS) is 18.2. The molecule has 1 aliphatic heterocycles. The molecule has 0 radical (unpaired) electrons. The van der Waals surface area contributed by atoms with E-state index >= 15 is 0 Å². The predicted molar refractivity (Wildman–Crippen MR) is 181 cm³/mol. The van der Waals surface area contributed by atoms with Gasteiger partial charge in [-0.3, -0.25) is 4.79 Å². The second-order valence-corrected chi connectivity index (χ2v) is 18.5. The van der Waals surface area contributed by atoms with E-state index in [0.29, 0.717) is 19.6 Å². The molecule has 0 aromatic heterocycles. The average molecular weight is 658 g/mol. The van der Waals surface area contributed by atoms with Gasteiger partial charge in [0.15, 0.2) is 8.32 Å². The van der Waals surface area contributed by atoms with Crippen LogP contribution in [0.25, 0.3) is 0 Å². The molecule has 1 fully saturated rings. The molecular formula is C36H55NO8Si. The summed E-state index contributed by atoms with van der Waals surface area (Å²) in [5.74, 6) is -0.332. The van der Waals surface area contributed by atoms with Crippen molar-refractivity contribution in [1.82, 2.24) is 4.90 Å². The highest BCUT2D eigenvalue weighted by molar-refractivity contribution is 6.74. The summed E-state index contributed by atoms with van der Waals surface area (Å²) in [5, 5.41) is -0.00980. The lowest BCUT2D eigenvalue weighted by Crippen LogP contribution is -2.51. The Morgan fingerprint density at radius 1 is 1.02 bits per heavy atom. The van der Waals surface area contributed by atoms with Gasteiger partial charge < -0.3 is 28.1 Å². The van der Waals surface area contributed by atoms with Gasteiger partial charge in [0.25, 0.3) is 0 Å². The SMILES string of the molecule is COCO[C@@H]([C@H](C)[C@H](CCCOCc1ccc(OC)cc1)O[Si](C)(C)C(C)(C)C)[C@@H](C)C(=O)N1C(=O)OC[C@H]1Cc1ccccc1. The van der Waals surface area contributed by atoms with E-state index in [9.17, 15) is 9.59 Å². The van der Waals surface area contributed by atoms with Crippen LogP contribution in [0.3, 0.4) is 0 Å². The fourth-order valence-electron chi connectivity index (χ4n) is 5.52. The summed E-state index contributed by atoms with van der Waals surface area (Å²) >= 11 is 0. The summed E-state index contributed by atoms with van der Waals surface area (Å²) in [7, 11) is 1.01. The maximum Gasteiger partial charge on any atom is 0.416 e. The molecule has 1 aliphatic rings. The van der Waals surface area contributed by atoms with Gasteiger partial charge in [-0.2, -0.15) is 0 Å². The highest BCUT2D eigenvalue weighted by atomic mass is 28.4. The zero-order valence-corrected chi connectivity index (χ0v) is 30.2. The minimum Gasteiger partial charge on any atom is -0.497 e. The number of imide groups is 1. The first kappa shape index (κ1) is 37.7. The van der Waals surface area contributed by atoms with Gasteiger partial charge in [0.2, 0.25) is 5.91 Å². The van der Waals surface area contributed by atoms with Gasteiger partial charge in [-0.05, 0) is 60.7 Å². The van der Waals surface area contributed by atoms with E-state index in [4.69, 9.17) is 28.1 Å². The number of hydrogen-bond donors (Lipinski definition) is 0. The van der Waals surface area contributed by atoms with Crippen molar-refractivity contribution in [2.45, 2.75) is 96.9 Å². The Labute approximate surface area is 277 Å². The van der Waals surface area contributed by atoms with Gasteiger partial charge in [-0.15, -0.1) is 0 Å². The van der Waals surface area contributed by atoms with Crippen molar-refractivity contribution in [3.63, 3.8) is 0 Å². The Bertz CT molecular complexity index is 1220. The summed E-state index contributed by atoms with van der Waals surface area (Å²) < 4.78 is 35.2. The number of amides is 2. The zero-order valence-electron chi connectivity index (χ0n) is 29.2. The number of rotatable bonds is 18. The number of methoxy groups -OCH3 is 2. The maximum absolute atomic E-state index is 14.1. The largest absolute Gasteiger partial charge is 0.497 e. The first-order valence-electron chi connectivity index (χ1n) is 16.3. The topological polar surface area (TPSA) is 92.8 Å². The smallest absolute Gasteiger partial charge is 0.416 e. The molecular weight excluding hydrogens is 602 g/mol. The molecule has 0 spiro atoms. The van der Waals surface area contributed by atoms with Crippen molar-refractivity contribution in [3.05, 3.63) is 65.7 Å². The van der Waals surface area contributed by atoms with Gasteiger partial charge >= 0.3 is 6.09 Å². The minimum absolute atomic E-state index is 0.00980. The fraction of sp³-hybridized carbons (Fsp3) is 0.611. The predicted octanol–water partition coefficient (Wildman–Crippen LogP) is 7.23. The van der Waals surface area contributed by atoms with Crippen molar-refractivity contribution >= 4 is 20.3 Å². The van der Waals surface area contributed by atoms with E-state index in [1.54, 1.807) is 14.2 Å². The number of ether oxygens (including phenoxy) is 5. The molecule has 2 aromatic rings. The molecule has 10 heteroatoms. The van der Waals surface area contributed by atoms with Gasteiger partial charge in [-0.1, -0.05) is 77.1 Å². The van der Waals surface area contributed by atoms with E-state index in [-0.39, 0.29) is 42.4 Å². The average Bonchev–Trinajstić information content (AvgIpc) is 3.39. The van der Waals surface area contributed by atoms with Gasteiger partial charge in [0, 0.05) is 19.6 Å². The number of hydrogen-bond acceptors (Lipinski definition) is 8. The van der Waals surface area contributed by atoms with Crippen LogP contribution in [0.15, 0.2) is 54.6 Å². The Morgan fingerprint density at radius 3 is 2.30 bits per heavy atom. The van der Waals surface area contributed by atoms with E-state index < -0.39 is 26.4 Å². The number of carbonyl (C=O) groups excluding carboxylic acids is 2. The molecule has 1 heterocycles. The minimum atomic E-state index is -2.20. The molecule has 1 saturated heterocycles. The van der Waals surface area contributed by atoms with Crippen LogP contribution < -0.4 is 4.74 Å².